The van der Waals surface area contributed by atoms with Crippen molar-refractivity contribution < 1.29 is 19.1 Å². The number of amides is 2. The van der Waals surface area contributed by atoms with Crippen LogP contribution in [0.1, 0.15) is 33.1 Å². The van der Waals surface area contributed by atoms with E-state index in [1.54, 1.807) is 0 Å². The predicted molar refractivity (Wildman–Crippen MR) is 93.5 cm³/mol. The van der Waals surface area contributed by atoms with E-state index in [-0.39, 0.29) is 48.6 Å². The number of likely N-dealkylation sites (tertiary alicyclic amines) is 1. The van der Waals surface area contributed by atoms with Crippen molar-refractivity contribution in [3.8, 4) is 0 Å². The molecule has 4 bridgehead atoms. The van der Waals surface area contributed by atoms with Gasteiger partial charge < -0.3 is 4.74 Å². The minimum Gasteiger partial charge on any atom is -0.460 e. The number of allylic oxidation sites excluding steroid dienone is 3. The highest BCUT2D eigenvalue weighted by atomic mass is 16.5. The number of hydrogen-bond acceptors (Lipinski definition) is 4. The van der Waals surface area contributed by atoms with Crippen molar-refractivity contribution in [3.63, 3.8) is 0 Å². The van der Waals surface area contributed by atoms with E-state index in [9.17, 15) is 14.4 Å². The predicted octanol–water partition coefficient (Wildman–Crippen LogP) is 2.33. The molecule has 0 aromatic heterocycles. The third kappa shape index (κ3) is 2.06. The highest BCUT2D eigenvalue weighted by Crippen LogP contribution is 2.59. The molecule has 0 aromatic rings. The summed E-state index contributed by atoms with van der Waals surface area (Å²) in [6, 6.07) is 0. The van der Waals surface area contributed by atoms with Crippen molar-refractivity contribution in [2.24, 2.45) is 40.9 Å². The van der Waals surface area contributed by atoms with Gasteiger partial charge in [0.25, 0.3) is 0 Å². The van der Waals surface area contributed by atoms with Gasteiger partial charge in [-0.25, -0.2) is 0 Å². The lowest BCUT2D eigenvalue weighted by molar-refractivity contribution is -0.153. The van der Waals surface area contributed by atoms with E-state index < -0.39 is 5.97 Å². The molecular weight excluding hydrogens is 330 g/mol. The molecule has 5 aliphatic carbocycles. The molecule has 1 aliphatic heterocycles. The summed E-state index contributed by atoms with van der Waals surface area (Å²) >= 11 is 0. The second-order valence-corrected chi connectivity index (χ2v) is 9.24. The van der Waals surface area contributed by atoms with Crippen molar-refractivity contribution in [2.75, 3.05) is 13.2 Å². The molecule has 0 unspecified atom stereocenters. The summed E-state index contributed by atoms with van der Waals surface area (Å²) in [5.74, 6) is 0.222. The van der Waals surface area contributed by atoms with Gasteiger partial charge in [-0.15, -0.1) is 0 Å². The largest absolute Gasteiger partial charge is 0.460 e. The number of fused-ring (bicyclic) bond motifs is 6. The first-order valence-electron chi connectivity index (χ1n) is 9.76. The van der Waals surface area contributed by atoms with Crippen molar-refractivity contribution in [3.05, 3.63) is 23.8 Å². The molecule has 2 amide bonds. The van der Waals surface area contributed by atoms with Crippen molar-refractivity contribution in [1.29, 1.82) is 0 Å². The van der Waals surface area contributed by atoms with Crippen LogP contribution in [0.2, 0.25) is 0 Å². The fourth-order valence-electron chi connectivity index (χ4n) is 6.10. The van der Waals surface area contributed by atoms with E-state index in [4.69, 9.17) is 4.74 Å². The Morgan fingerprint density at radius 1 is 1.15 bits per heavy atom. The Morgan fingerprint density at radius 3 is 2.38 bits per heavy atom. The lowest BCUT2D eigenvalue weighted by Crippen LogP contribution is -2.49. The number of ether oxygens (including phenoxy) is 1. The molecule has 0 N–H and O–H groups in total. The zero-order valence-electron chi connectivity index (χ0n) is 15.3. The minimum absolute atomic E-state index is 0.170. The third-order valence-electron chi connectivity index (χ3n) is 7.83. The Bertz CT molecular complexity index is 734. The van der Waals surface area contributed by atoms with Crippen LogP contribution in [0.15, 0.2) is 23.8 Å². The van der Waals surface area contributed by atoms with Gasteiger partial charge in [0, 0.05) is 0 Å². The van der Waals surface area contributed by atoms with Gasteiger partial charge in [-0.1, -0.05) is 32.1 Å². The van der Waals surface area contributed by atoms with E-state index >= 15 is 0 Å². The van der Waals surface area contributed by atoms with Gasteiger partial charge in [-0.3, -0.25) is 19.3 Å². The van der Waals surface area contributed by atoms with E-state index in [1.807, 2.05) is 0 Å². The Balaban J connectivity index is 1.20. The molecule has 1 saturated heterocycles. The van der Waals surface area contributed by atoms with Gasteiger partial charge in [-0.2, -0.15) is 0 Å². The van der Waals surface area contributed by atoms with Gasteiger partial charge in [0.05, 0.1) is 11.8 Å². The zero-order valence-corrected chi connectivity index (χ0v) is 15.3. The summed E-state index contributed by atoms with van der Waals surface area (Å²) in [7, 11) is 0. The Kier molecular flexibility index (Phi) is 3.32. The first-order valence-corrected chi connectivity index (χ1v) is 9.76. The number of carbonyl (C=O) groups is 3. The number of nitrogens with zero attached hydrogens (tertiary/aromatic N) is 1. The fourth-order valence-corrected chi connectivity index (χ4v) is 6.10. The fraction of sp³-hybridized carbons (Fsp3) is 0.667. The van der Waals surface area contributed by atoms with E-state index in [1.165, 1.54) is 12.0 Å². The first-order chi connectivity index (χ1) is 12.4. The van der Waals surface area contributed by atoms with Crippen LogP contribution in [-0.4, -0.2) is 35.8 Å². The third-order valence-corrected chi connectivity index (χ3v) is 7.83. The molecule has 2 saturated carbocycles. The van der Waals surface area contributed by atoms with Crippen LogP contribution in [-0.2, 0) is 19.1 Å². The minimum atomic E-state index is -0.480. The number of hydrogen-bond donors (Lipinski definition) is 0. The molecule has 6 rings (SSSR count). The SMILES string of the molecule is CC1(C)[C@H]2CC=C(COC(=O)CN3C(=O)[C@@H]4[C@@H](C3=O)[C@H]3C=C[C@H]4C3)[C@@H]1C2. The van der Waals surface area contributed by atoms with Crippen molar-refractivity contribution in [1.82, 2.24) is 4.90 Å². The van der Waals surface area contributed by atoms with Crippen LogP contribution >= 0.6 is 0 Å². The highest BCUT2D eigenvalue weighted by molar-refractivity contribution is 6.08. The molecule has 0 radical (unpaired) electrons. The second kappa shape index (κ2) is 5.30. The van der Waals surface area contributed by atoms with Gasteiger partial charge in [-0.05, 0) is 53.9 Å². The topological polar surface area (TPSA) is 63.7 Å². The van der Waals surface area contributed by atoms with E-state index in [0.717, 1.165) is 23.7 Å². The average Bonchev–Trinajstić information content (AvgIpc) is 3.30. The standard InChI is InChI=1S/C21H25NO4/c1-21(2)14-6-5-13(15(21)8-14)10-26-16(23)9-22-19(24)17-11-3-4-12(7-11)18(17)20(22)25/h3-5,11-12,14-15,17-18H,6-10H2,1-2H3/t11-,12-,14-,15-,17-,18-/m0/s1. The molecule has 5 nitrogen and oxygen atoms in total. The molecular formula is C21H25NO4. The maximum Gasteiger partial charge on any atom is 0.326 e. The summed E-state index contributed by atoms with van der Waals surface area (Å²) in [6.45, 7) is 4.61. The molecule has 6 aliphatic rings. The first kappa shape index (κ1) is 16.3. The molecule has 138 valence electrons. The Hall–Kier alpha value is -1.91. The van der Waals surface area contributed by atoms with Gasteiger partial charge in [0.2, 0.25) is 11.8 Å². The Morgan fingerprint density at radius 2 is 1.81 bits per heavy atom. The van der Waals surface area contributed by atoms with Crippen LogP contribution in [0.25, 0.3) is 0 Å². The zero-order chi connectivity index (χ0) is 18.2. The maximum absolute atomic E-state index is 12.6. The summed E-state index contributed by atoms with van der Waals surface area (Å²) in [5, 5.41) is 0. The van der Waals surface area contributed by atoms with Crippen LogP contribution in [0.3, 0.4) is 0 Å². The normalized spacial score (nSPS) is 41.2. The number of imide groups is 1. The highest BCUT2D eigenvalue weighted by Gasteiger charge is 2.59. The Labute approximate surface area is 153 Å². The quantitative estimate of drug-likeness (QED) is 0.441. The van der Waals surface area contributed by atoms with Crippen molar-refractivity contribution in [2.45, 2.75) is 33.1 Å². The van der Waals surface area contributed by atoms with Crippen LogP contribution in [0.4, 0.5) is 0 Å². The smallest absolute Gasteiger partial charge is 0.326 e. The molecule has 1 heterocycles. The lowest BCUT2D eigenvalue weighted by Gasteiger charge is -2.56. The molecule has 26 heavy (non-hydrogen) atoms. The number of rotatable bonds is 4. The number of carbonyl (C=O) groups excluding carboxylic acids is 3. The van der Waals surface area contributed by atoms with E-state index in [0.29, 0.717) is 11.3 Å². The van der Waals surface area contributed by atoms with Crippen LogP contribution in [0.5, 0.6) is 0 Å². The van der Waals surface area contributed by atoms with Gasteiger partial charge in [0.1, 0.15) is 13.2 Å². The summed E-state index contributed by atoms with van der Waals surface area (Å²) in [4.78, 5) is 38.7. The van der Waals surface area contributed by atoms with Gasteiger partial charge in [0.15, 0.2) is 0 Å². The van der Waals surface area contributed by atoms with Crippen LogP contribution in [0, 0.1) is 40.9 Å². The maximum atomic E-state index is 12.6. The molecule has 6 atom stereocenters. The van der Waals surface area contributed by atoms with Crippen LogP contribution < -0.4 is 0 Å². The van der Waals surface area contributed by atoms with Gasteiger partial charge >= 0.3 is 5.97 Å². The van der Waals surface area contributed by atoms with Crippen molar-refractivity contribution >= 4 is 17.8 Å². The average molecular weight is 355 g/mol. The molecule has 3 fully saturated rings. The summed E-state index contributed by atoms with van der Waals surface area (Å²) in [5.41, 5.74) is 1.49. The molecule has 5 heteroatoms. The second-order valence-electron chi connectivity index (χ2n) is 9.24. The monoisotopic (exact) mass is 355 g/mol. The summed E-state index contributed by atoms with van der Waals surface area (Å²) < 4.78 is 5.45. The summed E-state index contributed by atoms with van der Waals surface area (Å²) in [6.07, 6.45) is 9.45. The number of esters is 1. The molecule has 0 aromatic carbocycles. The lowest BCUT2D eigenvalue weighted by atomic mass is 9.49. The van der Waals surface area contributed by atoms with E-state index in [2.05, 4.69) is 32.1 Å². The molecule has 0 spiro atoms.